The topological polar surface area (TPSA) is 94.0 Å². The standard InChI is InChI=1S/C11H14N4O3/c1-7(2)5-9-10(11(16)17)13-14-15(9)6-8-3-4-12-18-8/h3-4,7H,5-6H2,1-2H3,(H,16,17). The van der Waals surface area contributed by atoms with Gasteiger partial charge in [-0.3, -0.25) is 0 Å². The van der Waals surface area contributed by atoms with Crippen LogP contribution in [-0.2, 0) is 13.0 Å². The van der Waals surface area contributed by atoms with E-state index < -0.39 is 5.97 Å². The van der Waals surface area contributed by atoms with E-state index >= 15 is 0 Å². The summed E-state index contributed by atoms with van der Waals surface area (Å²) in [5.41, 5.74) is 0.608. The van der Waals surface area contributed by atoms with E-state index in [-0.39, 0.29) is 5.69 Å². The first kappa shape index (κ1) is 12.3. The van der Waals surface area contributed by atoms with Gasteiger partial charge in [0, 0.05) is 6.07 Å². The predicted octanol–water partition coefficient (Wildman–Crippen LogP) is 1.21. The summed E-state index contributed by atoms with van der Waals surface area (Å²) in [4.78, 5) is 11.1. The predicted molar refractivity (Wildman–Crippen MR) is 61.1 cm³/mol. The molecule has 2 aromatic rings. The van der Waals surface area contributed by atoms with Crippen molar-refractivity contribution < 1.29 is 14.4 Å². The second kappa shape index (κ2) is 4.99. The molecule has 2 heterocycles. The highest BCUT2D eigenvalue weighted by atomic mass is 16.5. The summed E-state index contributed by atoms with van der Waals surface area (Å²) in [5, 5.41) is 20.2. The van der Waals surface area contributed by atoms with E-state index in [1.807, 2.05) is 13.8 Å². The van der Waals surface area contributed by atoms with Crippen molar-refractivity contribution in [3.63, 3.8) is 0 Å². The summed E-state index contributed by atoms with van der Waals surface area (Å²) in [6, 6.07) is 1.71. The van der Waals surface area contributed by atoms with Gasteiger partial charge in [0.05, 0.1) is 11.9 Å². The lowest BCUT2D eigenvalue weighted by atomic mass is 10.1. The van der Waals surface area contributed by atoms with Crippen molar-refractivity contribution in [3.8, 4) is 0 Å². The number of nitrogens with zero attached hydrogens (tertiary/aromatic N) is 4. The molecular formula is C11H14N4O3. The third-order valence-corrected chi connectivity index (χ3v) is 2.44. The van der Waals surface area contributed by atoms with Crippen LogP contribution >= 0.6 is 0 Å². The van der Waals surface area contributed by atoms with Gasteiger partial charge in [-0.1, -0.05) is 24.2 Å². The molecule has 18 heavy (non-hydrogen) atoms. The summed E-state index contributed by atoms with van der Waals surface area (Å²) in [6.07, 6.45) is 2.13. The van der Waals surface area contributed by atoms with Gasteiger partial charge in [-0.05, 0) is 12.3 Å². The summed E-state index contributed by atoms with van der Waals surface area (Å²) >= 11 is 0. The molecule has 0 unspecified atom stereocenters. The molecule has 0 spiro atoms. The molecule has 0 aromatic carbocycles. The maximum Gasteiger partial charge on any atom is 0.358 e. The van der Waals surface area contributed by atoms with Gasteiger partial charge in [-0.25, -0.2) is 9.48 Å². The molecule has 0 radical (unpaired) electrons. The molecule has 7 nitrogen and oxygen atoms in total. The van der Waals surface area contributed by atoms with Crippen LogP contribution in [0.5, 0.6) is 0 Å². The minimum absolute atomic E-state index is 0.00298. The molecule has 1 N–H and O–H groups in total. The average molecular weight is 250 g/mol. The summed E-state index contributed by atoms with van der Waals surface area (Å²) in [6.45, 7) is 4.36. The largest absolute Gasteiger partial charge is 0.476 e. The molecule has 0 aliphatic rings. The smallest absolute Gasteiger partial charge is 0.358 e. The highest BCUT2D eigenvalue weighted by molar-refractivity contribution is 5.86. The van der Waals surface area contributed by atoms with Crippen LogP contribution in [0, 0.1) is 5.92 Å². The zero-order chi connectivity index (χ0) is 13.1. The number of aromatic carboxylic acids is 1. The minimum Gasteiger partial charge on any atom is -0.476 e. The van der Waals surface area contributed by atoms with Crippen LogP contribution in [0.1, 0.15) is 35.8 Å². The number of carboxylic acid groups (broad SMARTS) is 1. The van der Waals surface area contributed by atoms with Gasteiger partial charge in [-0.2, -0.15) is 0 Å². The molecule has 0 bridgehead atoms. The van der Waals surface area contributed by atoms with Crippen LogP contribution in [0.3, 0.4) is 0 Å². The van der Waals surface area contributed by atoms with Gasteiger partial charge in [0.2, 0.25) is 0 Å². The number of hydrogen-bond donors (Lipinski definition) is 1. The van der Waals surface area contributed by atoms with Gasteiger partial charge in [0.1, 0.15) is 6.54 Å². The number of aromatic nitrogens is 4. The van der Waals surface area contributed by atoms with Gasteiger partial charge in [0.25, 0.3) is 0 Å². The minimum atomic E-state index is -1.06. The first-order valence-corrected chi connectivity index (χ1v) is 5.63. The van der Waals surface area contributed by atoms with Crippen molar-refractivity contribution >= 4 is 5.97 Å². The Kier molecular flexibility index (Phi) is 3.40. The molecule has 0 aliphatic carbocycles. The van der Waals surface area contributed by atoms with Crippen molar-refractivity contribution in [2.75, 3.05) is 0 Å². The SMILES string of the molecule is CC(C)Cc1c(C(=O)O)nnn1Cc1ccno1. The molecule has 0 aliphatic heterocycles. The summed E-state index contributed by atoms with van der Waals surface area (Å²) < 4.78 is 6.53. The molecule has 0 fully saturated rings. The number of carboxylic acids is 1. The zero-order valence-electron chi connectivity index (χ0n) is 10.2. The fraction of sp³-hybridized carbons (Fsp3) is 0.455. The average Bonchev–Trinajstić information content (AvgIpc) is 2.89. The monoisotopic (exact) mass is 250 g/mol. The van der Waals surface area contributed by atoms with Crippen molar-refractivity contribution in [3.05, 3.63) is 29.4 Å². The number of rotatable bonds is 5. The van der Waals surface area contributed by atoms with Crippen LogP contribution in [0.2, 0.25) is 0 Å². The van der Waals surface area contributed by atoms with Crippen LogP contribution in [-0.4, -0.2) is 31.2 Å². The molecule has 7 heteroatoms. The fourth-order valence-electron chi connectivity index (χ4n) is 1.69. The molecular weight excluding hydrogens is 236 g/mol. The van der Waals surface area contributed by atoms with Gasteiger partial charge >= 0.3 is 5.97 Å². The first-order chi connectivity index (χ1) is 8.58. The second-order valence-corrected chi connectivity index (χ2v) is 4.42. The van der Waals surface area contributed by atoms with Crippen molar-refractivity contribution in [2.45, 2.75) is 26.8 Å². The Bertz CT molecular complexity index is 530. The normalized spacial score (nSPS) is 11.1. The van der Waals surface area contributed by atoms with E-state index in [1.54, 1.807) is 10.7 Å². The Balaban J connectivity index is 2.31. The first-order valence-electron chi connectivity index (χ1n) is 5.63. The van der Waals surface area contributed by atoms with Crippen LogP contribution < -0.4 is 0 Å². The molecule has 0 saturated carbocycles. The highest BCUT2D eigenvalue weighted by Crippen LogP contribution is 2.13. The molecule has 0 saturated heterocycles. The second-order valence-electron chi connectivity index (χ2n) is 4.42. The lowest BCUT2D eigenvalue weighted by molar-refractivity contribution is 0.0689. The number of hydrogen-bond acceptors (Lipinski definition) is 5. The fourth-order valence-corrected chi connectivity index (χ4v) is 1.69. The lowest BCUT2D eigenvalue weighted by Gasteiger charge is -2.07. The summed E-state index contributed by atoms with van der Waals surface area (Å²) in [5.74, 6) is -0.133. The zero-order valence-corrected chi connectivity index (χ0v) is 10.2. The van der Waals surface area contributed by atoms with Crippen LogP contribution in [0.15, 0.2) is 16.8 Å². The Labute approximate surface area is 103 Å². The van der Waals surface area contributed by atoms with E-state index in [4.69, 9.17) is 9.63 Å². The lowest BCUT2D eigenvalue weighted by Crippen LogP contribution is -2.11. The molecule has 96 valence electrons. The van der Waals surface area contributed by atoms with Crippen LogP contribution in [0.4, 0.5) is 0 Å². The Morgan fingerprint density at radius 1 is 1.56 bits per heavy atom. The molecule has 0 atom stereocenters. The van der Waals surface area contributed by atoms with Gasteiger partial charge < -0.3 is 9.63 Å². The highest BCUT2D eigenvalue weighted by Gasteiger charge is 2.20. The van der Waals surface area contributed by atoms with E-state index in [2.05, 4.69) is 15.5 Å². The van der Waals surface area contributed by atoms with Gasteiger partial charge in [0.15, 0.2) is 11.5 Å². The maximum atomic E-state index is 11.1. The van der Waals surface area contributed by atoms with E-state index in [0.717, 1.165) is 0 Å². The van der Waals surface area contributed by atoms with E-state index in [1.165, 1.54) is 6.20 Å². The van der Waals surface area contributed by atoms with Crippen LogP contribution in [0.25, 0.3) is 0 Å². The third-order valence-electron chi connectivity index (χ3n) is 2.44. The molecule has 2 rings (SSSR count). The van der Waals surface area contributed by atoms with Crippen molar-refractivity contribution in [1.29, 1.82) is 0 Å². The van der Waals surface area contributed by atoms with E-state index in [0.29, 0.717) is 30.3 Å². The maximum absolute atomic E-state index is 11.1. The van der Waals surface area contributed by atoms with Crippen molar-refractivity contribution in [1.82, 2.24) is 20.2 Å². The Hall–Kier alpha value is -2.18. The summed E-state index contributed by atoms with van der Waals surface area (Å²) in [7, 11) is 0. The Morgan fingerprint density at radius 3 is 2.89 bits per heavy atom. The quantitative estimate of drug-likeness (QED) is 0.857. The molecule has 2 aromatic heterocycles. The van der Waals surface area contributed by atoms with Crippen molar-refractivity contribution in [2.24, 2.45) is 5.92 Å². The molecule has 0 amide bonds. The number of carbonyl (C=O) groups is 1. The van der Waals surface area contributed by atoms with E-state index in [9.17, 15) is 4.79 Å². The third kappa shape index (κ3) is 2.55. The Morgan fingerprint density at radius 2 is 2.33 bits per heavy atom. The van der Waals surface area contributed by atoms with Gasteiger partial charge in [-0.15, -0.1) is 5.10 Å².